The SMILES string of the molecule is COCC1(c2onc(-c3c(Cl)cc(Cl)cc3Cl)c2C(=O)n2cc(C)c3c(/C=C/C(=O)O)cccc32)CCC1. The third-order valence-corrected chi connectivity index (χ3v) is 7.85. The Kier molecular flexibility index (Phi) is 7.13. The number of hydrogen-bond acceptors (Lipinski definition) is 5. The van der Waals surface area contributed by atoms with Gasteiger partial charge in [-0.15, -0.1) is 0 Å². The predicted molar refractivity (Wildman–Crippen MR) is 147 cm³/mol. The molecule has 1 N–H and O–H groups in total. The first-order chi connectivity index (χ1) is 18.2. The minimum absolute atomic E-state index is 0.223. The quantitative estimate of drug-likeness (QED) is 0.231. The lowest BCUT2D eigenvalue weighted by Gasteiger charge is -2.39. The van der Waals surface area contributed by atoms with E-state index in [1.165, 1.54) is 22.8 Å². The van der Waals surface area contributed by atoms with Crippen LogP contribution in [0.25, 0.3) is 28.2 Å². The van der Waals surface area contributed by atoms with Crippen LogP contribution >= 0.6 is 34.8 Å². The molecule has 5 rings (SSSR count). The van der Waals surface area contributed by atoms with Gasteiger partial charge in [-0.3, -0.25) is 9.36 Å². The van der Waals surface area contributed by atoms with Crippen molar-refractivity contribution in [1.29, 1.82) is 0 Å². The average Bonchev–Trinajstić information content (AvgIpc) is 3.41. The second-order valence-electron chi connectivity index (χ2n) is 9.45. The molecular weight excluding hydrogens is 551 g/mol. The molecule has 196 valence electrons. The number of carbonyl (C=O) groups is 2. The van der Waals surface area contributed by atoms with Gasteiger partial charge in [-0.2, -0.15) is 0 Å². The monoisotopic (exact) mass is 572 g/mol. The first kappa shape index (κ1) is 26.5. The van der Waals surface area contributed by atoms with E-state index in [2.05, 4.69) is 5.16 Å². The third kappa shape index (κ3) is 4.43. The van der Waals surface area contributed by atoms with Crippen LogP contribution in [0.4, 0.5) is 0 Å². The molecule has 1 aliphatic carbocycles. The Morgan fingerprint density at radius 3 is 2.53 bits per heavy atom. The topological polar surface area (TPSA) is 94.6 Å². The summed E-state index contributed by atoms with van der Waals surface area (Å²) in [6, 6.07) is 8.46. The van der Waals surface area contributed by atoms with Crippen molar-refractivity contribution in [3.63, 3.8) is 0 Å². The molecular formula is C28H23Cl3N2O5. The molecule has 0 atom stereocenters. The van der Waals surface area contributed by atoms with E-state index in [0.717, 1.165) is 36.3 Å². The van der Waals surface area contributed by atoms with E-state index in [-0.39, 0.29) is 27.2 Å². The number of benzene rings is 2. The van der Waals surface area contributed by atoms with Crippen molar-refractivity contribution in [3.05, 3.63) is 80.1 Å². The first-order valence-corrected chi connectivity index (χ1v) is 13.0. The molecule has 0 saturated heterocycles. The normalized spacial score (nSPS) is 14.8. The van der Waals surface area contributed by atoms with Crippen LogP contribution in [0.3, 0.4) is 0 Å². The molecule has 2 heterocycles. The highest BCUT2D eigenvalue weighted by molar-refractivity contribution is 6.42. The number of ether oxygens (including phenoxy) is 1. The summed E-state index contributed by atoms with van der Waals surface area (Å²) in [7, 11) is 1.61. The van der Waals surface area contributed by atoms with Crippen molar-refractivity contribution in [1.82, 2.24) is 9.72 Å². The van der Waals surface area contributed by atoms with E-state index < -0.39 is 11.4 Å². The van der Waals surface area contributed by atoms with Gasteiger partial charge in [0.05, 0.1) is 27.6 Å². The van der Waals surface area contributed by atoms with Gasteiger partial charge in [0.15, 0.2) is 5.76 Å². The zero-order valence-electron chi connectivity index (χ0n) is 20.6. The second kappa shape index (κ2) is 10.2. The molecule has 1 aliphatic rings. The Morgan fingerprint density at radius 1 is 1.21 bits per heavy atom. The Bertz CT molecular complexity index is 1590. The van der Waals surface area contributed by atoms with E-state index in [1.54, 1.807) is 25.4 Å². The second-order valence-corrected chi connectivity index (χ2v) is 10.7. The van der Waals surface area contributed by atoms with E-state index >= 15 is 0 Å². The van der Waals surface area contributed by atoms with E-state index in [0.29, 0.717) is 34.0 Å². The van der Waals surface area contributed by atoms with Crippen LogP contribution < -0.4 is 0 Å². The maximum absolute atomic E-state index is 14.4. The first-order valence-electron chi connectivity index (χ1n) is 11.9. The van der Waals surface area contributed by atoms with Gasteiger partial charge in [0.2, 0.25) is 0 Å². The number of fused-ring (bicyclic) bond motifs is 1. The van der Waals surface area contributed by atoms with Gasteiger partial charge in [-0.05, 0) is 55.2 Å². The van der Waals surface area contributed by atoms with Crippen LogP contribution in [-0.4, -0.2) is 40.4 Å². The van der Waals surface area contributed by atoms with Gasteiger partial charge in [0.25, 0.3) is 5.91 Å². The van der Waals surface area contributed by atoms with Gasteiger partial charge < -0.3 is 14.4 Å². The van der Waals surface area contributed by atoms with E-state index in [1.807, 2.05) is 13.0 Å². The molecule has 2 aromatic heterocycles. The molecule has 0 aliphatic heterocycles. The van der Waals surface area contributed by atoms with Crippen LogP contribution in [0.2, 0.25) is 15.1 Å². The van der Waals surface area contributed by atoms with Gasteiger partial charge in [-0.1, -0.05) is 58.5 Å². The Morgan fingerprint density at radius 2 is 1.92 bits per heavy atom. The van der Waals surface area contributed by atoms with Crippen molar-refractivity contribution in [2.75, 3.05) is 13.7 Å². The summed E-state index contributed by atoms with van der Waals surface area (Å²) in [5, 5.41) is 15.0. The predicted octanol–water partition coefficient (Wildman–Crippen LogP) is 7.42. The molecule has 7 nitrogen and oxygen atoms in total. The van der Waals surface area contributed by atoms with Gasteiger partial charge in [-0.25, -0.2) is 4.79 Å². The highest BCUT2D eigenvalue weighted by Crippen LogP contribution is 2.49. The van der Waals surface area contributed by atoms with Crippen LogP contribution in [-0.2, 0) is 14.9 Å². The van der Waals surface area contributed by atoms with Crippen molar-refractivity contribution < 1.29 is 24.0 Å². The maximum Gasteiger partial charge on any atom is 0.328 e. The molecule has 1 fully saturated rings. The molecule has 38 heavy (non-hydrogen) atoms. The number of carboxylic acid groups (broad SMARTS) is 1. The lowest BCUT2D eigenvalue weighted by Crippen LogP contribution is -2.40. The molecule has 0 unspecified atom stereocenters. The molecule has 0 bridgehead atoms. The number of aryl methyl sites for hydroxylation is 1. The summed E-state index contributed by atoms with van der Waals surface area (Å²) in [6.45, 7) is 2.23. The van der Waals surface area contributed by atoms with Crippen LogP contribution in [0.5, 0.6) is 0 Å². The number of carbonyl (C=O) groups excluding carboxylic acids is 1. The number of halogens is 3. The highest BCUT2D eigenvalue weighted by atomic mass is 35.5. The Hall–Kier alpha value is -3.10. The van der Waals surface area contributed by atoms with E-state index in [9.17, 15) is 9.59 Å². The smallest absolute Gasteiger partial charge is 0.328 e. The molecule has 4 aromatic rings. The number of aromatic nitrogens is 2. The van der Waals surface area contributed by atoms with Crippen LogP contribution in [0.1, 0.15) is 46.5 Å². The average molecular weight is 574 g/mol. The Labute approximate surface area is 233 Å². The minimum Gasteiger partial charge on any atom is -0.478 e. The lowest BCUT2D eigenvalue weighted by molar-refractivity contribution is -0.131. The van der Waals surface area contributed by atoms with Gasteiger partial charge >= 0.3 is 5.97 Å². The number of aliphatic carboxylic acids is 1. The number of hydrogen-bond donors (Lipinski definition) is 1. The summed E-state index contributed by atoms with van der Waals surface area (Å²) in [5.41, 5.74) is 2.40. The van der Waals surface area contributed by atoms with Crippen LogP contribution in [0.15, 0.2) is 47.1 Å². The fourth-order valence-corrected chi connectivity index (χ4v) is 6.21. The number of methoxy groups -OCH3 is 1. The fraction of sp³-hybridized carbons (Fsp3) is 0.250. The van der Waals surface area contributed by atoms with E-state index in [4.69, 9.17) is 49.2 Å². The van der Waals surface area contributed by atoms with Crippen molar-refractivity contribution >= 4 is 63.7 Å². The molecule has 0 radical (unpaired) electrons. The highest BCUT2D eigenvalue weighted by Gasteiger charge is 2.47. The standard InChI is InChI=1S/C28H23Cl3N2O5/c1-15-13-33(20-6-3-5-16(22(15)20)7-8-21(34)35)27(36)24-25(23-18(30)11-17(29)12-19(23)31)32-38-26(24)28(14-37-2)9-4-10-28/h3,5-8,11-13H,4,9-10,14H2,1-2H3,(H,34,35)/b8-7+. The molecule has 0 spiro atoms. The van der Waals surface area contributed by atoms with Crippen molar-refractivity contribution in [2.45, 2.75) is 31.6 Å². The number of nitrogens with zero attached hydrogens (tertiary/aromatic N) is 2. The summed E-state index contributed by atoms with van der Waals surface area (Å²) in [4.78, 5) is 25.5. The maximum atomic E-state index is 14.4. The molecule has 10 heteroatoms. The van der Waals surface area contributed by atoms with Crippen LogP contribution in [0, 0.1) is 6.92 Å². The summed E-state index contributed by atoms with van der Waals surface area (Å²) >= 11 is 19.3. The van der Waals surface area contributed by atoms with Gasteiger partial charge in [0, 0.05) is 35.4 Å². The zero-order chi connectivity index (χ0) is 27.2. The summed E-state index contributed by atoms with van der Waals surface area (Å²) in [6.07, 6.45) is 6.80. The zero-order valence-corrected chi connectivity index (χ0v) is 22.8. The third-order valence-electron chi connectivity index (χ3n) is 7.04. The number of carboxylic acids is 1. The minimum atomic E-state index is -1.06. The van der Waals surface area contributed by atoms with Crippen molar-refractivity contribution in [2.24, 2.45) is 0 Å². The summed E-state index contributed by atoms with van der Waals surface area (Å²) < 4.78 is 13.0. The molecule has 0 amide bonds. The molecule has 2 aromatic carbocycles. The number of rotatable bonds is 7. The Balaban J connectivity index is 1.75. The lowest BCUT2D eigenvalue weighted by atomic mass is 9.66. The van der Waals surface area contributed by atoms with Crippen molar-refractivity contribution in [3.8, 4) is 11.3 Å². The van der Waals surface area contributed by atoms with Gasteiger partial charge in [0.1, 0.15) is 11.3 Å². The molecule has 1 saturated carbocycles. The fourth-order valence-electron chi connectivity index (χ4n) is 5.21. The largest absolute Gasteiger partial charge is 0.478 e. The summed E-state index contributed by atoms with van der Waals surface area (Å²) in [5.74, 6) is -1.01.